The fourth-order valence-corrected chi connectivity index (χ4v) is 5.67. The summed E-state index contributed by atoms with van der Waals surface area (Å²) in [5.41, 5.74) is 2.65. The Bertz CT molecular complexity index is 788. The van der Waals surface area contributed by atoms with Crippen LogP contribution in [-0.2, 0) is 22.4 Å². The second-order valence-corrected chi connectivity index (χ2v) is 9.48. The van der Waals surface area contributed by atoms with Crippen LogP contribution in [0.15, 0.2) is 18.2 Å². The molecule has 5 rings (SSSR count). The molecule has 0 saturated carbocycles. The number of carbonyl (C=O) groups is 1. The molecule has 3 saturated heterocycles. The molecule has 0 aromatic heterocycles. The number of carbonyl (C=O) groups excluding carboxylic acids is 1. The third-order valence-electron chi connectivity index (χ3n) is 7.25. The number of morpholine rings is 1. The Morgan fingerprint density at radius 1 is 1.16 bits per heavy atom. The summed E-state index contributed by atoms with van der Waals surface area (Å²) in [6, 6.07) is 6.96. The molecule has 4 heterocycles. The second kappa shape index (κ2) is 9.45. The highest BCUT2D eigenvalue weighted by Crippen LogP contribution is 2.32. The predicted octanol–water partition coefficient (Wildman–Crippen LogP) is 1.85. The lowest BCUT2D eigenvalue weighted by molar-refractivity contribution is -0.133. The highest BCUT2D eigenvalue weighted by molar-refractivity contribution is 5.77. The minimum absolute atomic E-state index is 0.0679. The van der Waals surface area contributed by atoms with Crippen LogP contribution in [-0.4, -0.2) is 73.2 Å². The normalized spacial score (nSPS) is 32.7. The van der Waals surface area contributed by atoms with E-state index in [0.29, 0.717) is 12.5 Å². The number of para-hydroxylation sites is 1. The van der Waals surface area contributed by atoms with Crippen molar-refractivity contribution in [2.45, 2.75) is 76.5 Å². The Morgan fingerprint density at radius 3 is 3.00 bits per heavy atom. The van der Waals surface area contributed by atoms with Crippen molar-refractivity contribution in [3.8, 4) is 5.75 Å². The van der Waals surface area contributed by atoms with Crippen molar-refractivity contribution in [3.63, 3.8) is 0 Å². The zero-order chi connectivity index (χ0) is 21.2. The van der Waals surface area contributed by atoms with Gasteiger partial charge in [-0.05, 0) is 37.3 Å². The standard InChI is InChI=1S/C24H36N4O3/c1-17-16-27(11-13-30-17)21-15-22(29)26-24(25-21)28-10-4-2-3-8-20(28)14-19-7-5-6-18-9-12-31-23(18)19/h5-7,17,20-21,24-25H,2-4,8-16H2,1H3,(H,26,29)/t17-,20-,21?,24?/m1/s1. The number of likely N-dealkylation sites (tertiary alicyclic amines) is 1. The van der Waals surface area contributed by atoms with Crippen LogP contribution >= 0.6 is 0 Å². The highest BCUT2D eigenvalue weighted by Gasteiger charge is 2.37. The van der Waals surface area contributed by atoms with Crippen LogP contribution in [0.5, 0.6) is 5.75 Å². The van der Waals surface area contributed by atoms with Crippen molar-refractivity contribution in [1.29, 1.82) is 0 Å². The second-order valence-electron chi connectivity index (χ2n) is 9.48. The van der Waals surface area contributed by atoms with E-state index in [2.05, 4.69) is 45.6 Å². The molecule has 7 heteroatoms. The minimum Gasteiger partial charge on any atom is -0.493 e. The Labute approximate surface area is 185 Å². The van der Waals surface area contributed by atoms with Crippen LogP contribution in [0.1, 0.15) is 50.2 Å². The number of hydrogen-bond donors (Lipinski definition) is 2. The minimum atomic E-state index is -0.120. The summed E-state index contributed by atoms with van der Waals surface area (Å²) in [5, 5.41) is 7.02. The van der Waals surface area contributed by atoms with Gasteiger partial charge in [0.05, 0.1) is 31.9 Å². The molecule has 1 aromatic rings. The summed E-state index contributed by atoms with van der Waals surface area (Å²) in [4.78, 5) is 17.6. The Morgan fingerprint density at radius 2 is 2.10 bits per heavy atom. The summed E-state index contributed by atoms with van der Waals surface area (Å²) >= 11 is 0. The van der Waals surface area contributed by atoms with E-state index in [1.165, 1.54) is 30.4 Å². The smallest absolute Gasteiger partial charge is 0.225 e. The lowest BCUT2D eigenvalue weighted by Gasteiger charge is -2.46. The Kier molecular flexibility index (Phi) is 6.46. The van der Waals surface area contributed by atoms with E-state index in [1.807, 2.05) is 0 Å². The van der Waals surface area contributed by atoms with Gasteiger partial charge in [0.25, 0.3) is 0 Å². The van der Waals surface area contributed by atoms with E-state index >= 15 is 0 Å². The molecule has 31 heavy (non-hydrogen) atoms. The molecule has 0 spiro atoms. The molecular weight excluding hydrogens is 392 g/mol. The fourth-order valence-electron chi connectivity index (χ4n) is 5.67. The van der Waals surface area contributed by atoms with Gasteiger partial charge in [-0.25, -0.2) is 0 Å². The number of amides is 1. The van der Waals surface area contributed by atoms with E-state index < -0.39 is 0 Å². The number of fused-ring (bicyclic) bond motifs is 1. The van der Waals surface area contributed by atoms with Crippen molar-refractivity contribution < 1.29 is 14.3 Å². The van der Waals surface area contributed by atoms with Crippen molar-refractivity contribution in [1.82, 2.24) is 20.4 Å². The number of hydrogen-bond acceptors (Lipinski definition) is 6. The molecule has 170 valence electrons. The largest absolute Gasteiger partial charge is 0.493 e. The summed E-state index contributed by atoms with van der Waals surface area (Å²) < 4.78 is 11.7. The average molecular weight is 429 g/mol. The van der Waals surface area contributed by atoms with Gasteiger partial charge in [0.2, 0.25) is 5.91 Å². The van der Waals surface area contributed by atoms with E-state index in [0.717, 1.165) is 57.9 Å². The van der Waals surface area contributed by atoms with Gasteiger partial charge in [0, 0.05) is 32.1 Å². The van der Waals surface area contributed by atoms with Crippen LogP contribution in [0.4, 0.5) is 0 Å². The van der Waals surface area contributed by atoms with E-state index in [4.69, 9.17) is 9.47 Å². The van der Waals surface area contributed by atoms with Crippen molar-refractivity contribution in [2.75, 3.05) is 32.8 Å². The number of nitrogens with one attached hydrogen (secondary N) is 2. The lowest BCUT2D eigenvalue weighted by atomic mass is 9.98. The van der Waals surface area contributed by atoms with Crippen LogP contribution in [0.3, 0.4) is 0 Å². The topological polar surface area (TPSA) is 66.1 Å². The first-order valence-electron chi connectivity index (χ1n) is 12.1. The van der Waals surface area contributed by atoms with Crippen molar-refractivity contribution in [3.05, 3.63) is 29.3 Å². The van der Waals surface area contributed by atoms with Crippen LogP contribution in [0.25, 0.3) is 0 Å². The van der Waals surface area contributed by atoms with Crippen LogP contribution < -0.4 is 15.4 Å². The van der Waals surface area contributed by atoms with Gasteiger partial charge in [-0.3, -0.25) is 19.9 Å². The molecule has 2 unspecified atom stereocenters. The zero-order valence-electron chi connectivity index (χ0n) is 18.6. The molecule has 4 aliphatic heterocycles. The predicted molar refractivity (Wildman–Crippen MR) is 119 cm³/mol. The molecule has 7 nitrogen and oxygen atoms in total. The summed E-state index contributed by atoms with van der Waals surface area (Å²) in [6.45, 7) is 6.38. The monoisotopic (exact) mass is 428 g/mol. The molecule has 0 bridgehead atoms. The van der Waals surface area contributed by atoms with E-state index in [9.17, 15) is 4.79 Å². The van der Waals surface area contributed by atoms with Gasteiger partial charge >= 0.3 is 0 Å². The molecular formula is C24H36N4O3. The van der Waals surface area contributed by atoms with E-state index in [-0.39, 0.29) is 24.5 Å². The maximum atomic E-state index is 12.7. The fraction of sp³-hybridized carbons (Fsp3) is 0.708. The van der Waals surface area contributed by atoms with Crippen molar-refractivity contribution in [2.24, 2.45) is 0 Å². The van der Waals surface area contributed by atoms with Crippen LogP contribution in [0, 0.1) is 0 Å². The number of benzene rings is 1. The third kappa shape index (κ3) is 4.75. The lowest BCUT2D eigenvalue weighted by Crippen LogP contribution is -2.69. The first-order valence-corrected chi connectivity index (χ1v) is 12.1. The molecule has 0 radical (unpaired) electrons. The first-order chi connectivity index (χ1) is 15.2. The Hall–Kier alpha value is -1.67. The van der Waals surface area contributed by atoms with Gasteiger partial charge in [-0.1, -0.05) is 31.0 Å². The summed E-state index contributed by atoms with van der Waals surface area (Å²) in [6.07, 6.45) is 7.46. The zero-order valence-corrected chi connectivity index (χ0v) is 18.6. The third-order valence-corrected chi connectivity index (χ3v) is 7.25. The first kappa shape index (κ1) is 21.2. The number of nitrogens with zero attached hydrogens (tertiary/aromatic N) is 2. The van der Waals surface area contributed by atoms with Gasteiger partial charge in [-0.15, -0.1) is 0 Å². The molecule has 4 aliphatic rings. The van der Waals surface area contributed by atoms with Gasteiger partial charge in [0.1, 0.15) is 12.0 Å². The Balaban J connectivity index is 1.33. The number of ether oxygens (including phenoxy) is 2. The number of rotatable bonds is 4. The maximum Gasteiger partial charge on any atom is 0.225 e. The molecule has 0 aliphatic carbocycles. The van der Waals surface area contributed by atoms with Gasteiger partial charge in [-0.2, -0.15) is 0 Å². The average Bonchev–Trinajstić information content (AvgIpc) is 3.13. The molecule has 3 fully saturated rings. The molecule has 1 aromatic carbocycles. The van der Waals surface area contributed by atoms with Crippen molar-refractivity contribution >= 4 is 5.91 Å². The summed E-state index contributed by atoms with van der Waals surface area (Å²) in [5.74, 6) is 1.24. The SMILES string of the molecule is C[C@@H]1CN(C2CC(=O)NC(N3CCCCC[C@@H]3Cc3cccc4c3OCC4)N2)CCO1. The van der Waals surface area contributed by atoms with Gasteiger partial charge in [0.15, 0.2) is 0 Å². The molecule has 4 atom stereocenters. The molecule has 2 N–H and O–H groups in total. The quantitative estimate of drug-likeness (QED) is 0.763. The van der Waals surface area contributed by atoms with Gasteiger partial charge < -0.3 is 14.8 Å². The molecule has 1 amide bonds. The van der Waals surface area contributed by atoms with E-state index in [1.54, 1.807) is 0 Å². The highest BCUT2D eigenvalue weighted by atomic mass is 16.5. The maximum absolute atomic E-state index is 12.7. The van der Waals surface area contributed by atoms with Crippen LogP contribution in [0.2, 0.25) is 0 Å². The summed E-state index contributed by atoms with van der Waals surface area (Å²) in [7, 11) is 0.